The van der Waals surface area contributed by atoms with Crippen LogP contribution in [0.15, 0.2) is 48.8 Å². The van der Waals surface area contributed by atoms with Gasteiger partial charge in [0, 0.05) is 38.6 Å². The van der Waals surface area contributed by atoms with Gasteiger partial charge in [-0.2, -0.15) is 0 Å². The van der Waals surface area contributed by atoms with Gasteiger partial charge in [0.15, 0.2) is 0 Å². The van der Waals surface area contributed by atoms with Crippen LogP contribution in [0.2, 0.25) is 0 Å². The lowest BCUT2D eigenvalue weighted by atomic mass is 9.99. The van der Waals surface area contributed by atoms with Gasteiger partial charge in [0.05, 0.1) is 18.1 Å². The van der Waals surface area contributed by atoms with Crippen LogP contribution in [0.3, 0.4) is 0 Å². The molecule has 1 aromatic carbocycles. The molecular weight excluding hydrogens is 333 g/mol. The summed E-state index contributed by atoms with van der Waals surface area (Å²) in [6, 6.07) is 10.4. The highest BCUT2D eigenvalue weighted by atomic mass is 19.1. The molecular formula is C20H22FN3O2. The van der Waals surface area contributed by atoms with E-state index >= 15 is 0 Å². The Morgan fingerprint density at radius 3 is 2.85 bits per heavy atom. The summed E-state index contributed by atoms with van der Waals surface area (Å²) in [5.74, 6) is -0.291. The van der Waals surface area contributed by atoms with Crippen molar-refractivity contribution in [2.45, 2.75) is 31.7 Å². The van der Waals surface area contributed by atoms with Crippen LogP contribution in [0.4, 0.5) is 4.39 Å². The molecule has 3 heterocycles. The lowest BCUT2D eigenvalue weighted by molar-refractivity contribution is -0.128. The maximum absolute atomic E-state index is 13.1. The number of hydrogen-bond acceptors (Lipinski definition) is 4. The van der Waals surface area contributed by atoms with Gasteiger partial charge in [-0.05, 0) is 35.7 Å². The molecule has 0 spiro atoms. The molecule has 136 valence electrons. The Kier molecular flexibility index (Phi) is 4.95. The van der Waals surface area contributed by atoms with Gasteiger partial charge in [0.1, 0.15) is 5.82 Å². The largest absolute Gasteiger partial charge is 0.371 e. The van der Waals surface area contributed by atoms with E-state index < -0.39 is 0 Å². The van der Waals surface area contributed by atoms with Crippen molar-refractivity contribution >= 4 is 5.91 Å². The number of rotatable bonds is 5. The van der Waals surface area contributed by atoms with E-state index in [-0.39, 0.29) is 29.9 Å². The first-order valence-electron chi connectivity index (χ1n) is 8.96. The molecule has 0 aliphatic carbocycles. The maximum Gasteiger partial charge on any atom is 0.226 e. The van der Waals surface area contributed by atoms with E-state index in [1.165, 1.54) is 12.1 Å². The topological polar surface area (TPSA) is 54.5 Å². The van der Waals surface area contributed by atoms with E-state index in [1.54, 1.807) is 12.4 Å². The molecule has 0 unspecified atom stereocenters. The number of morpholine rings is 1. The summed E-state index contributed by atoms with van der Waals surface area (Å²) in [6.07, 6.45) is 4.23. The van der Waals surface area contributed by atoms with Crippen LogP contribution in [0.1, 0.15) is 17.5 Å². The third-order valence-electron chi connectivity index (χ3n) is 5.08. The SMILES string of the molecule is O=C(NCc1cccnc1)[C@@H]1C[C@H]2CN(Cc3ccc(F)cc3)C[C@H]1O2. The average molecular weight is 355 g/mol. The van der Waals surface area contributed by atoms with Crippen LogP contribution >= 0.6 is 0 Å². The first-order valence-corrected chi connectivity index (χ1v) is 8.96. The Hall–Kier alpha value is -2.31. The zero-order valence-corrected chi connectivity index (χ0v) is 14.5. The first kappa shape index (κ1) is 17.1. The van der Waals surface area contributed by atoms with E-state index in [4.69, 9.17) is 4.74 Å². The average Bonchev–Trinajstić information content (AvgIpc) is 2.97. The van der Waals surface area contributed by atoms with Gasteiger partial charge >= 0.3 is 0 Å². The summed E-state index contributed by atoms with van der Waals surface area (Å²) in [6.45, 7) is 2.76. The van der Waals surface area contributed by atoms with Gasteiger partial charge in [0.25, 0.3) is 0 Å². The summed E-state index contributed by atoms with van der Waals surface area (Å²) in [4.78, 5) is 18.9. The van der Waals surface area contributed by atoms with Crippen molar-refractivity contribution in [1.82, 2.24) is 15.2 Å². The number of carbonyl (C=O) groups excluding carboxylic acids is 1. The summed E-state index contributed by atoms with van der Waals surface area (Å²) in [5, 5.41) is 3.01. The van der Waals surface area contributed by atoms with Crippen LogP contribution in [0.5, 0.6) is 0 Å². The second-order valence-electron chi connectivity index (χ2n) is 7.04. The molecule has 2 bridgehead atoms. The number of hydrogen-bond donors (Lipinski definition) is 1. The van der Waals surface area contributed by atoms with E-state index in [9.17, 15) is 9.18 Å². The third-order valence-corrected chi connectivity index (χ3v) is 5.08. The Labute approximate surface area is 152 Å². The maximum atomic E-state index is 13.1. The number of amides is 1. The second kappa shape index (κ2) is 7.51. The predicted molar refractivity (Wildman–Crippen MR) is 94.5 cm³/mol. The van der Waals surface area contributed by atoms with Crippen molar-refractivity contribution in [1.29, 1.82) is 0 Å². The van der Waals surface area contributed by atoms with Crippen molar-refractivity contribution in [2.75, 3.05) is 13.1 Å². The molecule has 26 heavy (non-hydrogen) atoms. The molecule has 2 aromatic rings. The zero-order valence-electron chi connectivity index (χ0n) is 14.5. The van der Waals surface area contributed by atoms with Gasteiger partial charge in [-0.3, -0.25) is 14.7 Å². The molecule has 1 N–H and O–H groups in total. The molecule has 2 fully saturated rings. The molecule has 2 aliphatic heterocycles. The summed E-state index contributed by atoms with van der Waals surface area (Å²) >= 11 is 0. The van der Waals surface area contributed by atoms with Crippen LogP contribution < -0.4 is 5.32 Å². The van der Waals surface area contributed by atoms with E-state index in [1.807, 2.05) is 24.3 Å². The number of ether oxygens (including phenoxy) is 1. The van der Waals surface area contributed by atoms with E-state index in [0.29, 0.717) is 6.54 Å². The highest BCUT2D eigenvalue weighted by Crippen LogP contribution is 2.32. The summed E-state index contributed by atoms with van der Waals surface area (Å²) in [5.41, 5.74) is 2.06. The minimum absolute atomic E-state index is 0.0463. The number of benzene rings is 1. The molecule has 0 radical (unpaired) electrons. The minimum atomic E-state index is -0.221. The zero-order chi connectivity index (χ0) is 17.9. The van der Waals surface area contributed by atoms with Gasteiger partial charge in [-0.15, -0.1) is 0 Å². The number of likely N-dealkylation sites (tertiary alicyclic amines) is 1. The third kappa shape index (κ3) is 3.92. The fourth-order valence-corrected chi connectivity index (χ4v) is 3.81. The Morgan fingerprint density at radius 1 is 1.23 bits per heavy atom. The number of nitrogens with one attached hydrogen (secondary N) is 1. The Morgan fingerprint density at radius 2 is 2.08 bits per heavy atom. The van der Waals surface area contributed by atoms with Crippen LogP contribution in [0, 0.1) is 11.7 Å². The highest BCUT2D eigenvalue weighted by Gasteiger charge is 2.44. The van der Waals surface area contributed by atoms with Crippen LogP contribution in [-0.2, 0) is 22.6 Å². The van der Waals surface area contributed by atoms with E-state index in [2.05, 4.69) is 15.2 Å². The van der Waals surface area contributed by atoms with Gasteiger partial charge in [-0.25, -0.2) is 4.39 Å². The quantitative estimate of drug-likeness (QED) is 0.893. The van der Waals surface area contributed by atoms with Crippen LogP contribution in [-0.4, -0.2) is 41.1 Å². The van der Waals surface area contributed by atoms with Crippen molar-refractivity contribution in [3.8, 4) is 0 Å². The smallest absolute Gasteiger partial charge is 0.226 e. The van der Waals surface area contributed by atoms with E-state index in [0.717, 1.165) is 37.2 Å². The summed E-state index contributed by atoms with van der Waals surface area (Å²) < 4.78 is 19.0. The first-order chi connectivity index (χ1) is 12.7. The minimum Gasteiger partial charge on any atom is -0.371 e. The van der Waals surface area contributed by atoms with Gasteiger partial charge in [0.2, 0.25) is 5.91 Å². The molecule has 6 heteroatoms. The Balaban J connectivity index is 1.33. The second-order valence-corrected chi connectivity index (χ2v) is 7.04. The molecule has 5 nitrogen and oxygen atoms in total. The fourth-order valence-electron chi connectivity index (χ4n) is 3.81. The molecule has 2 saturated heterocycles. The van der Waals surface area contributed by atoms with Crippen molar-refractivity contribution in [2.24, 2.45) is 5.92 Å². The predicted octanol–water partition coefficient (Wildman–Crippen LogP) is 2.13. The highest BCUT2D eigenvalue weighted by molar-refractivity contribution is 5.79. The number of aromatic nitrogens is 1. The van der Waals surface area contributed by atoms with Gasteiger partial charge < -0.3 is 10.1 Å². The molecule has 4 rings (SSSR count). The Bertz CT molecular complexity index is 753. The van der Waals surface area contributed by atoms with Crippen molar-refractivity contribution < 1.29 is 13.9 Å². The number of carbonyl (C=O) groups is 1. The molecule has 3 atom stereocenters. The number of nitrogens with zero attached hydrogens (tertiary/aromatic N) is 2. The number of pyridine rings is 1. The monoisotopic (exact) mass is 355 g/mol. The number of halogens is 1. The fraction of sp³-hybridized carbons (Fsp3) is 0.400. The lowest BCUT2D eigenvalue weighted by Gasteiger charge is -2.32. The lowest BCUT2D eigenvalue weighted by Crippen LogP contribution is -2.44. The van der Waals surface area contributed by atoms with Gasteiger partial charge in [-0.1, -0.05) is 18.2 Å². The molecule has 2 aliphatic rings. The molecule has 1 amide bonds. The van der Waals surface area contributed by atoms with Crippen molar-refractivity contribution in [3.63, 3.8) is 0 Å². The summed E-state index contributed by atoms with van der Waals surface area (Å²) in [7, 11) is 0. The molecule has 0 saturated carbocycles. The van der Waals surface area contributed by atoms with Crippen LogP contribution in [0.25, 0.3) is 0 Å². The standard InChI is InChI=1S/C20H22FN3O2/c21-16-5-3-14(4-6-16)11-24-12-17-8-18(19(13-24)26-17)20(25)23-10-15-2-1-7-22-9-15/h1-7,9,17-19H,8,10-13H2,(H,23,25)/t17-,18+,19+/m0/s1. The normalized spacial score (nSPS) is 25.2. The number of fused-ring (bicyclic) bond motifs is 2. The van der Waals surface area contributed by atoms with Crippen molar-refractivity contribution in [3.05, 3.63) is 65.7 Å². The molecule has 1 aromatic heterocycles.